The Kier molecular flexibility index (Phi) is 1.96. The van der Waals surface area contributed by atoms with Gasteiger partial charge in [0.05, 0.1) is 0 Å². The van der Waals surface area contributed by atoms with Crippen LogP contribution in [0.4, 0.5) is 0 Å². The lowest BCUT2D eigenvalue weighted by atomic mass is 9.31. The standard InChI is InChI=1S/C18H26O/c1-2-16(19)15-6-12(15)3-4-17-8-11-5-13-7-14(10-17)18(13,17)9-11/h11-15H,2-10H2,1H3. The van der Waals surface area contributed by atoms with Gasteiger partial charge in [0.25, 0.3) is 0 Å². The minimum Gasteiger partial charge on any atom is -0.299 e. The molecule has 104 valence electrons. The largest absolute Gasteiger partial charge is 0.299 e. The first-order valence-corrected chi connectivity index (χ1v) is 8.71. The number of rotatable bonds is 5. The molecule has 1 nitrogen and oxygen atoms in total. The Morgan fingerprint density at radius 1 is 1.11 bits per heavy atom. The summed E-state index contributed by atoms with van der Waals surface area (Å²) in [5, 5.41) is 0. The van der Waals surface area contributed by atoms with Crippen molar-refractivity contribution in [3.63, 3.8) is 0 Å². The molecule has 0 saturated heterocycles. The Labute approximate surface area is 116 Å². The molecule has 1 heteroatoms. The van der Waals surface area contributed by atoms with Crippen molar-refractivity contribution >= 4 is 5.78 Å². The molecule has 0 aromatic rings. The second-order valence-corrected chi connectivity index (χ2v) is 8.63. The van der Waals surface area contributed by atoms with Gasteiger partial charge in [0.1, 0.15) is 5.78 Å². The lowest BCUT2D eigenvalue weighted by Gasteiger charge is -2.73. The summed E-state index contributed by atoms with van der Waals surface area (Å²) in [7, 11) is 0. The van der Waals surface area contributed by atoms with Crippen LogP contribution in [0.15, 0.2) is 0 Å². The maximum Gasteiger partial charge on any atom is 0.135 e. The number of Topliss-reactive ketones (excluding diaryl/α,β-unsaturated/α-hetero) is 1. The number of carbonyl (C=O) groups is 1. The van der Waals surface area contributed by atoms with Crippen molar-refractivity contribution in [1.82, 2.24) is 0 Å². The van der Waals surface area contributed by atoms with Gasteiger partial charge in [-0.1, -0.05) is 6.92 Å². The van der Waals surface area contributed by atoms with Gasteiger partial charge in [-0.05, 0) is 85.9 Å². The molecule has 0 heterocycles. The number of hydrogen-bond donors (Lipinski definition) is 0. The molecule has 1 spiro atoms. The molecule has 0 amide bonds. The monoisotopic (exact) mass is 258 g/mol. The van der Waals surface area contributed by atoms with E-state index in [1.165, 1.54) is 19.3 Å². The highest BCUT2D eigenvalue weighted by Gasteiger charge is 2.79. The van der Waals surface area contributed by atoms with E-state index in [1.807, 2.05) is 6.92 Å². The Morgan fingerprint density at radius 3 is 2.74 bits per heavy atom. The molecular weight excluding hydrogens is 232 g/mol. The molecule has 5 saturated carbocycles. The zero-order valence-corrected chi connectivity index (χ0v) is 12.2. The van der Waals surface area contributed by atoms with Crippen LogP contribution in [0.3, 0.4) is 0 Å². The molecule has 0 N–H and O–H groups in total. The van der Waals surface area contributed by atoms with E-state index in [1.54, 1.807) is 32.1 Å². The third kappa shape index (κ3) is 1.14. The second kappa shape index (κ2) is 3.28. The average molecular weight is 258 g/mol. The van der Waals surface area contributed by atoms with Gasteiger partial charge >= 0.3 is 0 Å². The highest BCUT2D eigenvalue weighted by atomic mass is 16.1. The van der Waals surface area contributed by atoms with Gasteiger partial charge in [-0.15, -0.1) is 0 Å². The van der Waals surface area contributed by atoms with Gasteiger partial charge in [0.2, 0.25) is 0 Å². The summed E-state index contributed by atoms with van der Waals surface area (Å²) >= 11 is 0. The molecule has 5 rings (SSSR count). The Bertz CT molecular complexity index is 455. The van der Waals surface area contributed by atoms with Crippen LogP contribution in [0.25, 0.3) is 0 Å². The number of hydrogen-bond acceptors (Lipinski definition) is 1. The average Bonchev–Trinajstić information content (AvgIpc) is 2.99. The number of fused-ring (bicyclic) bond motifs is 1. The Hall–Kier alpha value is -0.330. The second-order valence-electron chi connectivity index (χ2n) is 8.63. The number of carbonyl (C=O) groups excluding carboxylic acids is 1. The summed E-state index contributed by atoms with van der Waals surface area (Å²) in [4.78, 5) is 11.7. The molecular formula is C18H26O. The molecule has 0 aliphatic heterocycles. The highest BCUT2D eigenvalue weighted by molar-refractivity contribution is 5.83. The SMILES string of the molecule is CCC(=O)C1CC1CCC12CC3CC4CC(C1)C42C3. The number of ketones is 1. The van der Waals surface area contributed by atoms with E-state index in [0.29, 0.717) is 11.7 Å². The molecule has 0 radical (unpaired) electrons. The summed E-state index contributed by atoms with van der Waals surface area (Å²) in [6.07, 6.45) is 12.8. The molecule has 0 aromatic carbocycles. The van der Waals surface area contributed by atoms with Gasteiger partial charge in [-0.3, -0.25) is 4.79 Å². The first kappa shape index (κ1) is 11.3. The molecule has 5 aliphatic rings. The fraction of sp³-hybridized carbons (Fsp3) is 0.944. The third-order valence-electron chi connectivity index (χ3n) is 8.25. The van der Waals surface area contributed by atoms with E-state index in [-0.39, 0.29) is 0 Å². The Morgan fingerprint density at radius 2 is 2.00 bits per heavy atom. The topological polar surface area (TPSA) is 17.1 Å². The highest BCUT2D eigenvalue weighted by Crippen LogP contribution is 2.87. The maximum atomic E-state index is 11.7. The molecule has 0 aromatic heterocycles. The molecule has 2 bridgehead atoms. The molecule has 19 heavy (non-hydrogen) atoms. The van der Waals surface area contributed by atoms with Crippen molar-refractivity contribution in [2.24, 2.45) is 40.4 Å². The maximum absolute atomic E-state index is 11.7. The van der Waals surface area contributed by atoms with Gasteiger partial charge in [-0.2, -0.15) is 0 Å². The van der Waals surface area contributed by atoms with Crippen molar-refractivity contribution < 1.29 is 4.79 Å². The van der Waals surface area contributed by atoms with Crippen LogP contribution in [-0.2, 0) is 4.79 Å². The van der Waals surface area contributed by atoms with Gasteiger partial charge in [0.15, 0.2) is 0 Å². The summed E-state index contributed by atoms with van der Waals surface area (Å²) in [6.45, 7) is 2.03. The van der Waals surface area contributed by atoms with E-state index in [4.69, 9.17) is 0 Å². The minimum atomic E-state index is 0.477. The minimum absolute atomic E-state index is 0.477. The van der Waals surface area contributed by atoms with Gasteiger partial charge in [-0.25, -0.2) is 0 Å². The first-order chi connectivity index (χ1) is 9.18. The predicted octanol–water partition coefficient (Wildman–Crippen LogP) is 4.21. The molecule has 7 atom stereocenters. The zero-order chi connectivity index (χ0) is 12.8. The van der Waals surface area contributed by atoms with E-state index in [0.717, 1.165) is 40.9 Å². The first-order valence-electron chi connectivity index (χ1n) is 8.71. The molecule has 5 fully saturated rings. The Balaban J connectivity index is 1.26. The van der Waals surface area contributed by atoms with Crippen LogP contribution in [0.2, 0.25) is 0 Å². The fourth-order valence-electron chi connectivity index (χ4n) is 7.52. The van der Waals surface area contributed by atoms with Gasteiger partial charge in [0, 0.05) is 12.3 Å². The summed E-state index contributed by atoms with van der Waals surface area (Å²) < 4.78 is 0. The lowest BCUT2D eigenvalue weighted by molar-refractivity contribution is -0.247. The molecule has 7 unspecified atom stereocenters. The molecule has 5 aliphatic carbocycles. The van der Waals surface area contributed by atoms with Crippen molar-refractivity contribution in [3.8, 4) is 0 Å². The van der Waals surface area contributed by atoms with E-state index >= 15 is 0 Å². The summed E-state index contributed by atoms with van der Waals surface area (Å²) in [6, 6.07) is 0. The normalized spacial score (nSPS) is 59.3. The van der Waals surface area contributed by atoms with Crippen LogP contribution >= 0.6 is 0 Å². The lowest BCUT2D eigenvalue weighted by Crippen LogP contribution is -2.66. The van der Waals surface area contributed by atoms with E-state index < -0.39 is 0 Å². The van der Waals surface area contributed by atoms with E-state index in [9.17, 15) is 4.79 Å². The third-order valence-corrected chi connectivity index (χ3v) is 8.25. The van der Waals surface area contributed by atoms with Crippen LogP contribution < -0.4 is 0 Å². The smallest absolute Gasteiger partial charge is 0.135 e. The van der Waals surface area contributed by atoms with E-state index in [2.05, 4.69) is 0 Å². The van der Waals surface area contributed by atoms with Crippen molar-refractivity contribution in [2.45, 2.75) is 64.7 Å². The van der Waals surface area contributed by atoms with Crippen molar-refractivity contribution in [3.05, 3.63) is 0 Å². The van der Waals surface area contributed by atoms with Crippen LogP contribution in [0, 0.1) is 40.4 Å². The van der Waals surface area contributed by atoms with Crippen molar-refractivity contribution in [1.29, 1.82) is 0 Å². The van der Waals surface area contributed by atoms with Crippen LogP contribution in [0.5, 0.6) is 0 Å². The quantitative estimate of drug-likeness (QED) is 0.722. The van der Waals surface area contributed by atoms with Crippen LogP contribution in [0.1, 0.15) is 64.7 Å². The zero-order valence-electron chi connectivity index (χ0n) is 12.2. The summed E-state index contributed by atoms with van der Waals surface area (Å²) in [5.74, 6) is 5.18. The van der Waals surface area contributed by atoms with Crippen LogP contribution in [-0.4, -0.2) is 5.78 Å². The fourth-order valence-corrected chi connectivity index (χ4v) is 7.52. The van der Waals surface area contributed by atoms with Crippen molar-refractivity contribution in [2.75, 3.05) is 0 Å². The summed E-state index contributed by atoms with van der Waals surface area (Å²) in [5.41, 5.74) is 1.64. The predicted molar refractivity (Wildman–Crippen MR) is 74.6 cm³/mol. The van der Waals surface area contributed by atoms with Gasteiger partial charge < -0.3 is 0 Å².